The van der Waals surface area contributed by atoms with E-state index in [1.54, 1.807) is 0 Å². The number of pyridine rings is 1. The minimum absolute atomic E-state index is 0.374. The molecule has 1 heterocycles. The predicted molar refractivity (Wildman–Crippen MR) is 49.3 cm³/mol. The Morgan fingerprint density at radius 2 is 2.11 bits per heavy atom. The molecule has 0 radical (unpaired) electrons. The third-order valence-electron chi connectivity index (χ3n) is 1.77. The van der Waals surface area contributed by atoms with Crippen molar-refractivity contribution in [1.29, 1.82) is 0 Å². The first-order valence-electron chi connectivity index (χ1n) is 4.27. The van der Waals surface area contributed by atoms with Gasteiger partial charge in [0.05, 0.1) is 16.7 Å². The van der Waals surface area contributed by atoms with Crippen molar-refractivity contribution in [3.05, 3.63) is 27.6 Å². The molecule has 0 amide bonds. The molecule has 0 spiro atoms. The fraction of sp³-hybridized carbons (Fsp3) is 0.250. The fourth-order valence-corrected chi connectivity index (χ4v) is 1.10. The van der Waals surface area contributed by atoms with Crippen LogP contribution in [0.4, 0.5) is 18.9 Å². The smallest absolute Gasteiger partial charge is 0.476 e. The van der Waals surface area contributed by atoms with Crippen molar-refractivity contribution in [3.63, 3.8) is 0 Å². The van der Waals surface area contributed by atoms with Gasteiger partial charge in [-0.15, -0.1) is 13.2 Å². The highest BCUT2D eigenvalue weighted by molar-refractivity contribution is 5.90. The van der Waals surface area contributed by atoms with Crippen LogP contribution >= 0.6 is 0 Å². The van der Waals surface area contributed by atoms with E-state index >= 15 is 0 Å². The molecule has 0 unspecified atom stereocenters. The average molecular weight is 266 g/mol. The van der Waals surface area contributed by atoms with Crippen LogP contribution in [-0.4, -0.2) is 27.3 Å². The molecule has 0 aromatic carbocycles. The number of hydrogen-bond donors (Lipinski definition) is 1. The van der Waals surface area contributed by atoms with Crippen molar-refractivity contribution in [2.75, 3.05) is 0 Å². The zero-order valence-electron chi connectivity index (χ0n) is 8.69. The van der Waals surface area contributed by atoms with Gasteiger partial charge in [-0.25, -0.2) is 9.78 Å². The molecule has 0 fully saturated rings. The second-order valence-corrected chi connectivity index (χ2v) is 3.05. The Bertz CT molecular complexity index is 514. The number of halogens is 3. The largest absolute Gasteiger partial charge is 0.573 e. The molecule has 98 valence electrons. The fourth-order valence-electron chi connectivity index (χ4n) is 1.10. The lowest BCUT2D eigenvalue weighted by molar-refractivity contribution is -0.385. The van der Waals surface area contributed by atoms with Gasteiger partial charge in [0.1, 0.15) is 0 Å². The van der Waals surface area contributed by atoms with Gasteiger partial charge >= 0.3 is 18.0 Å². The van der Waals surface area contributed by atoms with E-state index in [1.165, 1.54) is 0 Å². The molecule has 7 nitrogen and oxygen atoms in total. The summed E-state index contributed by atoms with van der Waals surface area (Å²) in [6.07, 6.45) is -5.05. The predicted octanol–water partition coefficient (Wildman–Crippen LogP) is 1.90. The van der Waals surface area contributed by atoms with Gasteiger partial charge in [-0.05, 0) is 6.92 Å². The van der Waals surface area contributed by atoms with Crippen LogP contribution in [0.15, 0.2) is 6.07 Å². The van der Waals surface area contributed by atoms with E-state index in [-0.39, 0.29) is 0 Å². The second kappa shape index (κ2) is 4.47. The molecule has 18 heavy (non-hydrogen) atoms. The normalized spacial score (nSPS) is 11.1. The van der Waals surface area contributed by atoms with E-state index < -0.39 is 40.1 Å². The first-order valence-corrected chi connectivity index (χ1v) is 4.27. The summed E-state index contributed by atoms with van der Waals surface area (Å²) in [5, 5.41) is 19.2. The highest BCUT2D eigenvalue weighted by Gasteiger charge is 2.34. The molecule has 1 aromatic rings. The van der Waals surface area contributed by atoms with Gasteiger partial charge in [0.25, 0.3) is 0 Å². The van der Waals surface area contributed by atoms with Crippen molar-refractivity contribution < 1.29 is 32.7 Å². The Morgan fingerprint density at radius 3 is 2.50 bits per heavy atom. The number of rotatable bonds is 3. The van der Waals surface area contributed by atoms with Crippen molar-refractivity contribution in [2.45, 2.75) is 13.3 Å². The van der Waals surface area contributed by atoms with Crippen LogP contribution in [0.25, 0.3) is 0 Å². The lowest BCUT2D eigenvalue weighted by atomic mass is 10.2. The summed E-state index contributed by atoms with van der Waals surface area (Å²) < 4.78 is 39.4. The molecule has 0 bridgehead atoms. The molecular formula is C8H5F3N2O5. The minimum Gasteiger partial charge on any atom is -0.476 e. The first-order chi connectivity index (χ1) is 8.11. The summed E-state index contributed by atoms with van der Waals surface area (Å²) in [6.45, 7) is 1.04. The lowest BCUT2D eigenvalue weighted by Crippen LogP contribution is -2.19. The van der Waals surface area contributed by atoms with Crippen LogP contribution in [0.3, 0.4) is 0 Å². The zero-order valence-corrected chi connectivity index (χ0v) is 8.69. The quantitative estimate of drug-likeness (QED) is 0.662. The van der Waals surface area contributed by atoms with E-state index in [4.69, 9.17) is 5.11 Å². The summed E-state index contributed by atoms with van der Waals surface area (Å²) in [5.74, 6) is -2.64. The van der Waals surface area contributed by atoms with Crippen LogP contribution in [0.2, 0.25) is 0 Å². The summed E-state index contributed by atoms with van der Waals surface area (Å²) in [6, 6.07) is 0.374. The SMILES string of the molecule is Cc1nc(C(=O)O)c([N+](=O)[O-])cc1OC(F)(F)F. The molecule has 0 saturated heterocycles. The third kappa shape index (κ3) is 3.06. The summed E-state index contributed by atoms with van der Waals surface area (Å²) in [4.78, 5) is 23.2. The number of hydrogen-bond acceptors (Lipinski definition) is 5. The maximum absolute atomic E-state index is 12.0. The average Bonchev–Trinajstić information content (AvgIpc) is 2.17. The van der Waals surface area contributed by atoms with E-state index in [0.717, 1.165) is 6.92 Å². The minimum atomic E-state index is -5.05. The monoisotopic (exact) mass is 266 g/mol. The van der Waals surface area contributed by atoms with Gasteiger partial charge in [-0.3, -0.25) is 10.1 Å². The van der Waals surface area contributed by atoms with Crippen LogP contribution < -0.4 is 4.74 Å². The van der Waals surface area contributed by atoms with Crippen molar-refractivity contribution >= 4 is 11.7 Å². The standard InChI is InChI=1S/C8H5F3N2O5/c1-3-5(18-8(9,10)11)2-4(13(16)17)6(12-3)7(14)15/h2H,1H3,(H,14,15). The number of aryl methyl sites for hydroxylation is 1. The zero-order chi connectivity index (χ0) is 14.1. The summed E-state index contributed by atoms with van der Waals surface area (Å²) in [5.41, 5.74) is -2.45. The Balaban J connectivity index is 3.36. The summed E-state index contributed by atoms with van der Waals surface area (Å²) >= 11 is 0. The van der Waals surface area contributed by atoms with Crippen molar-refractivity contribution in [1.82, 2.24) is 4.98 Å². The molecule has 0 aliphatic rings. The van der Waals surface area contributed by atoms with E-state index in [1.807, 2.05) is 0 Å². The number of aromatic carboxylic acids is 1. The molecule has 0 atom stereocenters. The lowest BCUT2D eigenvalue weighted by Gasteiger charge is -2.11. The number of carbonyl (C=O) groups is 1. The number of nitro groups is 1. The number of carboxylic acids is 1. The van der Waals surface area contributed by atoms with E-state index in [9.17, 15) is 28.1 Å². The van der Waals surface area contributed by atoms with Crippen LogP contribution in [-0.2, 0) is 0 Å². The van der Waals surface area contributed by atoms with E-state index in [0.29, 0.717) is 6.07 Å². The number of aromatic nitrogens is 1. The number of ether oxygens (including phenoxy) is 1. The maximum Gasteiger partial charge on any atom is 0.573 e. The van der Waals surface area contributed by atoms with Crippen LogP contribution in [0.5, 0.6) is 5.75 Å². The number of alkyl halides is 3. The number of carboxylic acid groups (broad SMARTS) is 1. The Morgan fingerprint density at radius 1 is 1.56 bits per heavy atom. The van der Waals surface area contributed by atoms with Crippen molar-refractivity contribution in [3.8, 4) is 5.75 Å². The second-order valence-electron chi connectivity index (χ2n) is 3.05. The molecular weight excluding hydrogens is 261 g/mol. The summed E-state index contributed by atoms with van der Waals surface area (Å²) in [7, 11) is 0. The van der Waals surface area contributed by atoms with Gasteiger partial charge < -0.3 is 9.84 Å². The Hall–Kier alpha value is -2.39. The molecule has 0 saturated carbocycles. The maximum atomic E-state index is 12.0. The Kier molecular flexibility index (Phi) is 3.39. The van der Waals surface area contributed by atoms with Crippen LogP contribution in [0.1, 0.15) is 16.2 Å². The number of nitrogens with zero attached hydrogens (tertiary/aromatic N) is 2. The van der Waals surface area contributed by atoms with Gasteiger partial charge in [-0.2, -0.15) is 0 Å². The molecule has 10 heteroatoms. The first kappa shape index (κ1) is 13.7. The Labute approximate surface area is 97.0 Å². The molecule has 0 aliphatic carbocycles. The van der Waals surface area contributed by atoms with Gasteiger partial charge in [0, 0.05) is 0 Å². The highest BCUT2D eigenvalue weighted by Crippen LogP contribution is 2.30. The van der Waals surface area contributed by atoms with Gasteiger partial charge in [-0.1, -0.05) is 0 Å². The molecule has 0 aliphatic heterocycles. The molecule has 1 rings (SSSR count). The third-order valence-corrected chi connectivity index (χ3v) is 1.77. The molecule has 1 aromatic heterocycles. The van der Waals surface area contributed by atoms with Crippen LogP contribution in [0, 0.1) is 17.0 Å². The highest BCUT2D eigenvalue weighted by atomic mass is 19.4. The molecule has 1 N–H and O–H groups in total. The van der Waals surface area contributed by atoms with Gasteiger partial charge in [0.15, 0.2) is 5.75 Å². The van der Waals surface area contributed by atoms with E-state index in [2.05, 4.69) is 9.72 Å². The van der Waals surface area contributed by atoms with Gasteiger partial charge in [0.2, 0.25) is 5.69 Å². The van der Waals surface area contributed by atoms with Crippen molar-refractivity contribution in [2.24, 2.45) is 0 Å². The topological polar surface area (TPSA) is 103 Å².